The van der Waals surface area contributed by atoms with Crippen LogP contribution in [0, 0.1) is 0 Å². The second kappa shape index (κ2) is 4.41. The van der Waals surface area contributed by atoms with Crippen molar-refractivity contribution in [2.45, 2.75) is 30.8 Å². The van der Waals surface area contributed by atoms with Gasteiger partial charge in [-0.3, -0.25) is 0 Å². The van der Waals surface area contributed by atoms with Gasteiger partial charge in [-0.15, -0.1) is 0 Å². The zero-order valence-corrected chi connectivity index (χ0v) is 10.9. The third kappa shape index (κ3) is 1.78. The maximum Gasteiger partial charge on any atom is 0.194 e. The van der Waals surface area contributed by atoms with E-state index < -0.39 is 11.9 Å². The first kappa shape index (κ1) is 12.1. The van der Waals surface area contributed by atoms with Gasteiger partial charge < -0.3 is 19.1 Å². The van der Waals surface area contributed by atoms with E-state index in [-0.39, 0.29) is 6.10 Å². The lowest BCUT2D eigenvalue weighted by molar-refractivity contribution is -0.225. The van der Waals surface area contributed by atoms with Crippen molar-refractivity contribution in [1.29, 1.82) is 0 Å². The molecule has 3 heterocycles. The summed E-state index contributed by atoms with van der Waals surface area (Å²) in [7, 11) is 0. The number of aliphatic hydroxyl groups is 1. The normalized spacial score (nSPS) is 32.5. The van der Waals surface area contributed by atoms with Crippen molar-refractivity contribution in [1.82, 2.24) is 5.16 Å². The van der Waals surface area contributed by atoms with Gasteiger partial charge in [0, 0.05) is 11.6 Å². The van der Waals surface area contributed by atoms with Crippen LogP contribution in [0.3, 0.4) is 0 Å². The fourth-order valence-corrected chi connectivity index (χ4v) is 2.81. The molecule has 2 fully saturated rings. The summed E-state index contributed by atoms with van der Waals surface area (Å²) < 4.78 is 16.5. The maximum absolute atomic E-state index is 10.8. The van der Waals surface area contributed by atoms with Crippen molar-refractivity contribution in [3.05, 3.63) is 42.2 Å². The van der Waals surface area contributed by atoms with Crippen molar-refractivity contribution in [3.8, 4) is 11.3 Å². The lowest BCUT2D eigenvalue weighted by Crippen LogP contribution is -2.43. The van der Waals surface area contributed by atoms with E-state index in [0.29, 0.717) is 24.5 Å². The average Bonchev–Trinajstić information content (AvgIpc) is 3.13. The van der Waals surface area contributed by atoms with Crippen LogP contribution in [0.5, 0.6) is 0 Å². The van der Waals surface area contributed by atoms with E-state index in [2.05, 4.69) is 5.16 Å². The number of fused-ring (bicyclic) bond motifs is 2. The van der Waals surface area contributed by atoms with Gasteiger partial charge in [0.1, 0.15) is 5.69 Å². The Morgan fingerprint density at radius 3 is 2.95 bits per heavy atom. The van der Waals surface area contributed by atoms with Crippen LogP contribution < -0.4 is 0 Å². The SMILES string of the molecule is OC1(c2cc(-c3ccccc3)no2)CCC2COC1O2. The summed E-state index contributed by atoms with van der Waals surface area (Å²) in [6.45, 7) is 0.534. The monoisotopic (exact) mass is 273 g/mol. The topological polar surface area (TPSA) is 64.7 Å². The molecule has 0 aliphatic carbocycles. The largest absolute Gasteiger partial charge is 0.377 e. The highest BCUT2D eigenvalue weighted by Crippen LogP contribution is 2.42. The summed E-state index contributed by atoms with van der Waals surface area (Å²) in [6.07, 6.45) is 0.759. The smallest absolute Gasteiger partial charge is 0.194 e. The molecule has 0 radical (unpaired) electrons. The molecule has 0 spiro atoms. The molecular formula is C15H15NO4. The van der Waals surface area contributed by atoms with E-state index >= 15 is 0 Å². The van der Waals surface area contributed by atoms with Gasteiger partial charge >= 0.3 is 0 Å². The van der Waals surface area contributed by atoms with E-state index in [4.69, 9.17) is 14.0 Å². The Labute approximate surface area is 116 Å². The molecule has 20 heavy (non-hydrogen) atoms. The van der Waals surface area contributed by atoms with Crippen LogP contribution in [-0.2, 0) is 15.1 Å². The van der Waals surface area contributed by atoms with Gasteiger partial charge in [-0.1, -0.05) is 35.5 Å². The van der Waals surface area contributed by atoms with Crippen molar-refractivity contribution in [2.75, 3.05) is 6.61 Å². The number of benzene rings is 1. The molecule has 3 atom stereocenters. The standard InChI is InChI=1S/C15H15NO4/c17-15(7-6-11-9-18-14(15)19-11)13-8-12(16-20-13)10-4-2-1-3-5-10/h1-5,8,11,14,17H,6-7,9H2. The van der Waals surface area contributed by atoms with Gasteiger partial charge in [0.15, 0.2) is 17.7 Å². The Morgan fingerprint density at radius 1 is 1.25 bits per heavy atom. The van der Waals surface area contributed by atoms with Crippen LogP contribution in [0.2, 0.25) is 0 Å². The third-order valence-corrected chi connectivity index (χ3v) is 3.99. The first-order valence-corrected chi connectivity index (χ1v) is 6.78. The van der Waals surface area contributed by atoms with E-state index in [1.807, 2.05) is 30.3 Å². The number of ether oxygens (including phenoxy) is 2. The molecule has 2 aromatic rings. The Bertz CT molecular complexity index is 611. The predicted octanol–water partition coefficient (Wildman–Crippen LogP) is 2.06. The fourth-order valence-electron chi connectivity index (χ4n) is 2.81. The van der Waals surface area contributed by atoms with Crippen molar-refractivity contribution < 1.29 is 19.1 Å². The van der Waals surface area contributed by atoms with Crippen LogP contribution in [0.1, 0.15) is 18.6 Å². The lowest BCUT2D eigenvalue weighted by Gasteiger charge is -2.33. The quantitative estimate of drug-likeness (QED) is 0.907. The van der Waals surface area contributed by atoms with Crippen molar-refractivity contribution in [3.63, 3.8) is 0 Å². The zero-order chi connectivity index (χ0) is 13.6. The molecule has 1 N–H and O–H groups in total. The Balaban J connectivity index is 1.68. The Morgan fingerprint density at radius 2 is 2.10 bits per heavy atom. The van der Waals surface area contributed by atoms with Gasteiger partial charge in [-0.2, -0.15) is 0 Å². The van der Waals surface area contributed by atoms with Gasteiger partial charge in [0.05, 0.1) is 12.7 Å². The van der Waals surface area contributed by atoms with Gasteiger partial charge in [0.2, 0.25) is 0 Å². The summed E-state index contributed by atoms with van der Waals surface area (Å²) in [6, 6.07) is 11.5. The molecular weight excluding hydrogens is 258 g/mol. The van der Waals surface area contributed by atoms with Gasteiger partial charge in [-0.05, 0) is 12.8 Å². The Kier molecular flexibility index (Phi) is 2.66. The molecule has 0 saturated carbocycles. The van der Waals surface area contributed by atoms with Crippen LogP contribution >= 0.6 is 0 Å². The first-order chi connectivity index (χ1) is 9.75. The number of hydrogen-bond donors (Lipinski definition) is 1. The highest BCUT2D eigenvalue weighted by Gasteiger charge is 2.51. The summed E-state index contributed by atoms with van der Waals surface area (Å²) >= 11 is 0. The molecule has 0 amide bonds. The molecule has 1 aromatic carbocycles. The molecule has 2 aliphatic rings. The van der Waals surface area contributed by atoms with Gasteiger partial charge in [0.25, 0.3) is 0 Å². The summed E-state index contributed by atoms with van der Waals surface area (Å²) in [4.78, 5) is 0. The first-order valence-electron chi connectivity index (χ1n) is 6.78. The average molecular weight is 273 g/mol. The lowest BCUT2D eigenvalue weighted by atomic mass is 9.90. The predicted molar refractivity (Wildman–Crippen MR) is 69.7 cm³/mol. The highest BCUT2D eigenvalue weighted by atomic mass is 16.7. The highest BCUT2D eigenvalue weighted by molar-refractivity contribution is 5.58. The maximum atomic E-state index is 10.8. The minimum absolute atomic E-state index is 0.0943. The Hall–Kier alpha value is -1.69. The molecule has 2 aliphatic heterocycles. The van der Waals surface area contributed by atoms with E-state index in [1.165, 1.54) is 0 Å². The summed E-state index contributed by atoms with van der Waals surface area (Å²) in [5.74, 6) is 0.404. The second-order valence-corrected chi connectivity index (χ2v) is 5.33. The zero-order valence-electron chi connectivity index (χ0n) is 10.9. The molecule has 5 heteroatoms. The van der Waals surface area contributed by atoms with Crippen LogP contribution in [-0.4, -0.2) is 29.3 Å². The number of aromatic nitrogens is 1. The molecule has 2 saturated heterocycles. The fraction of sp³-hybridized carbons (Fsp3) is 0.400. The molecule has 2 bridgehead atoms. The van der Waals surface area contributed by atoms with E-state index in [1.54, 1.807) is 6.07 Å². The molecule has 3 unspecified atom stereocenters. The minimum atomic E-state index is -1.24. The third-order valence-electron chi connectivity index (χ3n) is 3.99. The summed E-state index contributed by atoms with van der Waals surface area (Å²) in [5, 5.41) is 14.8. The molecule has 1 aromatic heterocycles. The van der Waals surface area contributed by atoms with E-state index in [0.717, 1.165) is 12.0 Å². The van der Waals surface area contributed by atoms with Gasteiger partial charge in [-0.25, -0.2) is 0 Å². The number of rotatable bonds is 2. The second-order valence-electron chi connectivity index (χ2n) is 5.33. The molecule has 5 nitrogen and oxygen atoms in total. The van der Waals surface area contributed by atoms with E-state index in [9.17, 15) is 5.11 Å². The molecule has 104 valence electrons. The number of hydrogen-bond acceptors (Lipinski definition) is 5. The minimum Gasteiger partial charge on any atom is -0.377 e. The van der Waals surface area contributed by atoms with Crippen molar-refractivity contribution in [2.24, 2.45) is 0 Å². The number of nitrogens with zero attached hydrogens (tertiary/aromatic N) is 1. The summed E-state index contributed by atoms with van der Waals surface area (Å²) in [5.41, 5.74) is 0.412. The van der Waals surface area contributed by atoms with Crippen LogP contribution in [0.15, 0.2) is 40.9 Å². The van der Waals surface area contributed by atoms with Crippen LogP contribution in [0.25, 0.3) is 11.3 Å². The van der Waals surface area contributed by atoms with Crippen molar-refractivity contribution >= 4 is 0 Å². The molecule has 4 rings (SSSR count). The van der Waals surface area contributed by atoms with Crippen LogP contribution in [0.4, 0.5) is 0 Å².